The number of alkyl halides is 3. The van der Waals surface area contributed by atoms with Crippen LogP contribution < -0.4 is 4.84 Å². The highest BCUT2D eigenvalue weighted by molar-refractivity contribution is 5.28. The van der Waals surface area contributed by atoms with Gasteiger partial charge >= 0.3 is 6.18 Å². The van der Waals surface area contributed by atoms with Gasteiger partial charge in [-0.25, -0.2) is 0 Å². The van der Waals surface area contributed by atoms with Crippen molar-refractivity contribution in [1.29, 1.82) is 0 Å². The molecule has 1 heterocycles. The standard InChI is InChI=1S/C11H12F3NO/c12-11(13,14)9-3-5-10(6-4-9)16-15-7-1-2-8-15/h3-6H,1-2,7-8H2. The Morgan fingerprint density at radius 2 is 1.56 bits per heavy atom. The molecule has 2 rings (SSSR count). The summed E-state index contributed by atoms with van der Waals surface area (Å²) in [6.45, 7) is 1.67. The van der Waals surface area contributed by atoms with E-state index < -0.39 is 11.7 Å². The molecule has 1 saturated heterocycles. The van der Waals surface area contributed by atoms with Crippen LogP contribution in [0.3, 0.4) is 0 Å². The van der Waals surface area contributed by atoms with Gasteiger partial charge in [0.2, 0.25) is 0 Å². The van der Waals surface area contributed by atoms with Gasteiger partial charge in [-0.15, -0.1) is 5.06 Å². The van der Waals surface area contributed by atoms with Crippen LogP contribution in [0.2, 0.25) is 0 Å². The van der Waals surface area contributed by atoms with Crippen molar-refractivity contribution in [3.8, 4) is 5.75 Å². The largest absolute Gasteiger partial charge is 0.416 e. The molecule has 0 aliphatic carbocycles. The van der Waals surface area contributed by atoms with Crippen LogP contribution in [0, 0.1) is 0 Å². The summed E-state index contributed by atoms with van der Waals surface area (Å²) >= 11 is 0. The van der Waals surface area contributed by atoms with E-state index in [1.807, 2.05) is 0 Å². The molecule has 88 valence electrons. The third-order valence-corrected chi connectivity index (χ3v) is 2.48. The fourth-order valence-electron chi connectivity index (χ4n) is 1.63. The van der Waals surface area contributed by atoms with Crippen molar-refractivity contribution < 1.29 is 18.0 Å². The molecule has 1 aromatic carbocycles. The minimum atomic E-state index is -4.29. The maximum atomic E-state index is 12.3. The number of benzene rings is 1. The van der Waals surface area contributed by atoms with Crippen molar-refractivity contribution in [3.63, 3.8) is 0 Å². The molecule has 16 heavy (non-hydrogen) atoms. The molecule has 1 aromatic rings. The van der Waals surface area contributed by atoms with E-state index >= 15 is 0 Å². The molecule has 0 N–H and O–H groups in total. The average molecular weight is 231 g/mol. The molecule has 0 atom stereocenters. The lowest BCUT2D eigenvalue weighted by molar-refractivity contribution is -0.137. The van der Waals surface area contributed by atoms with E-state index in [0.717, 1.165) is 38.1 Å². The van der Waals surface area contributed by atoms with Gasteiger partial charge in [0.05, 0.1) is 5.56 Å². The summed E-state index contributed by atoms with van der Waals surface area (Å²) in [6.07, 6.45) is -2.15. The number of hydrogen-bond acceptors (Lipinski definition) is 2. The van der Waals surface area contributed by atoms with Gasteiger partial charge in [0.15, 0.2) is 0 Å². The zero-order chi connectivity index (χ0) is 11.6. The molecule has 5 heteroatoms. The quantitative estimate of drug-likeness (QED) is 0.775. The summed E-state index contributed by atoms with van der Waals surface area (Å²) in [5.74, 6) is 0.454. The van der Waals surface area contributed by atoms with Gasteiger partial charge in [-0.1, -0.05) is 0 Å². The molecule has 1 aliphatic rings. The number of rotatable bonds is 2. The lowest BCUT2D eigenvalue weighted by Crippen LogP contribution is -2.23. The third kappa shape index (κ3) is 2.66. The molecule has 0 saturated carbocycles. The van der Waals surface area contributed by atoms with E-state index in [4.69, 9.17) is 4.84 Å². The van der Waals surface area contributed by atoms with Crippen molar-refractivity contribution in [2.75, 3.05) is 13.1 Å². The Labute approximate surface area is 91.6 Å². The van der Waals surface area contributed by atoms with Gasteiger partial charge in [0, 0.05) is 13.1 Å². The first-order valence-corrected chi connectivity index (χ1v) is 5.16. The summed E-state index contributed by atoms with van der Waals surface area (Å²) < 4.78 is 36.8. The van der Waals surface area contributed by atoms with Gasteiger partial charge in [0.25, 0.3) is 0 Å². The first-order chi connectivity index (χ1) is 7.55. The van der Waals surface area contributed by atoms with Gasteiger partial charge in [-0.05, 0) is 37.1 Å². The van der Waals surface area contributed by atoms with Crippen LogP contribution in [-0.2, 0) is 6.18 Å². The first-order valence-electron chi connectivity index (χ1n) is 5.16. The molecule has 1 aliphatic heterocycles. The van der Waals surface area contributed by atoms with Gasteiger partial charge in [-0.3, -0.25) is 0 Å². The fourth-order valence-corrected chi connectivity index (χ4v) is 1.63. The third-order valence-electron chi connectivity index (χ3n) is 2.48. The molecule has 0 amide bonds. The molecule has 0 bridgehead atoms. The number of hydrogen-bond donors (Lipinski definition) is 0. The summed E-state index contributed by atoms with van der Waals surface area (Å²) in [7, 11) is 0. The van der Waals surface area contributed by atoms with Crippen molar-refractivity contribution in [2.45, 2.75) is 19.0 Å². The molecule has 0 unspecified atom stereocenters. The van der Waals surface area contributed by atoms with Crippen LogP contribution in [0.1, 0.15) is 18.4 Å². The van der Waals surface area contributed by atoms with E-state index in [1.54, 1.807) is 5.06 Å². The number of hydroxylamine groups is 2. The average Bonchev–Trinajstić information content (AvgIpc) is 2.70. The number of halogens is 3. The second kappa shape index (κ2) is 4.33. The zero-order valence-corrected chi connectivity index (χ0v) is 8.63. The van der Waals surface area contributed by atoms with Gasteiger partial charge < -0.3 is 4.84 Å². The SMILES string of the molecule is FC(F)(F)c1ccc(ON2CCCC2)cc1. The summed E-state index contributed by atoms with van der Waals surface area (Å²) in [6, 6.07) is 4.76. The van der Waals surface area contributed by atoms with Crippen LogP contribution in [0.15, 0.2) is 24.3 Å². The first kappa shape index (κ1) is 11.3. The molecule has 0 radical (unpaired) electrons. The van der Waals surface area contributed by atoms with E-state index in [-0.39, 0.29) is 0 Å². The molecule has 0 spiro atoms. The van der Waals surface area contributed by atoms with E-state index in [1.165, 1.54) is 12.1 Å². The zero-order valence-electron chi connectivity index (χ0n) is 8.63. The fraction of sp³-hybridized carbons (Fsp3) is 0.455. The highest BCUT2D eigenvalue weighted by Gasteiger charge is 2.30. The maximum Gasteiger partial charge on any atom is 0.416 e. The van der Waals surface area contributed by atoms with Crippen molar-refractivity contribution in [3.05, 3.63) is 29.8 Å². The van der Waals surface area contributed by atoms with Gasteiger partial charge in [0.1, 0.15) is 5.75 Å². The second-order valence-corrected chi connectivity index (χ2v) is 3.75. The lowest BCUT2D eigenvalue weighted by Gasteiger charge is -2.16. The Hall–Kier alpha value is -1.23. The van der Waals surface area contributed by atoms with Crippen LogP contribution in [0.4, 0.5) is 13.2 Å². The van der Waals surface area contributed by atoms with Crippen LogP contribution in [0.5, 0.6) is 5.75 Å². The maximum absolute atomic E-state index is 12.3. The highest BCUT2D eigenvalue weighted by atomic mass is 19.4. The van der Waals surface area contributed by atoms with Crippen LogP contribution in [-0.4, -0.2) is 18.2 Å². The van der Waals surface area contributed by atoms with E-state index in [9.17, 15) is 13.2 Å². The van der Waals surface area contributed by atoms with E-state index in [2.05, 4.69) is 0 Å². The number of nitrogens with zero attached hydrogens (tertiary/aromatic N) is 1. The highest BCUT2D eigenvalue weighted by Crippen LogP contribution is 2.30. The molecule has 0 aromatic heterocycles. The smallest absolute Gasteiger partial charge is 0.406 e. The second-order valence-electron chi connectivity index (χ2n) is 3.75. The monoisotopic (exact) mass is 231 g/mol. The van der Waals surface area contributed by atoms with Crippen molar-refractivity contribution in [2.24, 2.45) is 0 Å². The Bertz CT molecular complexity index is 341. The normalized spacial score (nSPS) is 17.7. The minimum absolute atomic E-state index is 0.454. The van der Waals surface area contributed by atoms with Crippen LogP contribution in [0.25, 0.3) is 0 Å². The Balaban J connectivity index is 2.01. The summed E-state index contributed by atoms with van der Waals surface area (Å²) in [5, 5.41) is 1.77. The summed E-state index contributed by atoms with van der Waals surface area (Å²) in [4.78, 5) is 5.41. The van der Waals surface area contributed by atoms with Crippen LogP contribution >= 0.6 is 0 Å². The van der Waals surface area contributed by atoms with Crippen molar-refractivity contribution in [1.82, 2.24) is 5.06 Å². The molecular formula is C11H12F3NO. The Morgan fingerprint density at radius 1 is 1.00 bits per heavy atom. The Morgan fingerprint density at radius 3 is 2.06 bits per heavy atom. The molecule has 1 fully saturated rings. The molecular weight excluding hydrogens is 219 g/mol. The van der Waals surface area contributed by atoms with E-state index in [0.29, 0.717) is 5.75 Å². The minimum Gasteiger partial charge on any atom is -0.406 e. The van der Waals surface area contributed by atoms with Crippen molar-refractivity contribution >= 4 is 0 Å². The summed E-state index contributed by atoms with van der Waals surface area (Å²) in [5.41, 5.74) is -0.652. The lowest BCUT2D eigenvalue weighted by atomic mass is 10.2. The predicted molar refractivity (Wildman–Crippen MR) is 52.9 cm³/mol. The molecule has 2 nitrogen and oxygen atoms in total. The topological polar surface area (TPSA) is 12.5 Å². The predicted octanol–water partition coefficient (Wildman–Crippen LogP) is 3.10. The Kier molecular flexibility index (Phi) is 3.05. The van der Waals surface area contributed by atoms with Gasteiger partial charge in [-0.2, -0.15) is 13.2 Å².